The van der Waals surface area contributed by atoms with E-state index in [0.717, 1.165) is 19.3 Å². The van der Waals surface area contributed by atoms with E-state index in [4.69, 9.17) is 5.73 Å². The molecular weight excluding hydrogens is 252 g/mol. The van der Waals surface area contributed by atoms with E-state index in [-0.39, 0.29) is 11.7 Å². The molecule has 2 rings (SSSR count). The van der Waals surface area contributed by atoms with Gasteiger partial charge in [-0.3, -0.25) is 4.79 Å². The van der Waals surface area contributed by atoms with Crippen LogP contribution < -0.4 is 5.73 Å². The summed E-state index contributed by atoms with van der Waals surface area (Å²) in [6.45, 7) is 1.26. The van der Waals surface area contributed by atoms with Crippen molar-refractivity contribution in [2.24, 2.45) is 5.73 Å². The molecule has 110 valence electrons. The number of phenolic OH excluding ortho intramolecular Hbond substituents is 1. The first-order chi connectivity index (χ1) is 9.74. The van der Waals surface area contributed by atoms with Crippen molar-refractivity contribution in [1.82, 2.24) is 4.90 Å². The maximum atomic E-state index is 12.7. The average Bonchev–Trinajstić information content (AvgIpc) is 2.49. The molecule has 1 fully saturated rings. The van der Waals surface area contributed by atoms with E-state index in [0.29, 0.717) is 24.7 Å². The summed E-state index contributed by atoms with van der Waals surface area (Å²) in [5.74, 6) is -0.00509. The van der Waals surface area contributed by atoms with Crippen molar-refractivity contribution >= 4 is 5.91 Å². The van der Waals surface area contributed by atoms with Gasteiger partial charge < -0.3 is 15.7 Å². The molecule has 1 saturated carbocycles. The summed E-state index contributed by atoms with van der Waals surface area (Å²) in [5.41, 5.74) is 5.99. The Morgan fingerprint density at radius 3 is 2.60 bits per heavy atom. The number of hydrogen-bond donors (Lipinski definition) is 2. The van der Waals surface area contributed by atoms with E-state index in [2.05, 4.69) is 0 Å². The summed E-state index contributed by atoms with van der Waals surface area (Å²) >= 11 is 0. The molecule has 0 atom stereocenters. The van der Waals surface area contributed by atoms with Gasteiger partial charge in [-0.2, -0.15) is 0 Å². The van der Waals surface area contributed by atoms with Crippen molar-refractivity contribution in [1.29, 1.82) is 0 Å². The second-order valence-electron chi connectivity index (χ2n) is 5.45. The highest BCUT2D eigenvalue weighted by molar-refractivity contribution is 5.97. The molecular formula is C16H24N2O2. The maximum Gasteiger partial charge on any atom is 0.257 e. The summed E-state index contributed by atoms with van der Waals surface area (Å²) in [5, 5.41) is 9.88. The summed E-state index contributed by atoms with van der Waals surface area (Å²) < 4.78 is 0. The number of nitrogens with zero attached hydrogens (tertiary/aromatic N) is 1. The third-order valence-corrected chi connectivity index (χ3v) is 4.01. The fourth-order valence-electron chi connectivity index (χ4n) is 2.91. The van der Waals surface area contributed by atoms with Crippen LogP contribution in [0.5, 0.6) is 5.75 Å². The molecule has 3 N–H and O–H groups in total. The molecule has 0 aliphatic heterocycles. The second-order valence-corrected chi connectivity index (χ2v) is 5.45. The Labute approximate surface area is 120 Å². The molecule has 20 heavy (non-hydrogen) atoms. The zero-order valence-electron chi connectivity index (χ0n) is 11.9. The Morgan fingerprint density at radius 1 is 1.25 bits per heavy atom. The van der Waals surface area contributed by atoms with Gasteiger partial charge in [-0.15, -0.1) is 0 Å². The molecule has 4 heteroatoms. The Kier molecular flexibility index (Phi) is 5.41. The third kappa shape index (κ3) is 3.51. The van der Waals surface area contributed by atoms with Crippen LogP contribution in [0.4, 0.5) is 0 Å². The number of rotatable bonds is 5. The summed E-state index contributed by atoms with van der Waals surface area (Å²) in [7, 11) is 0. The summed E-state index contributed by atoms with van der Waals surface area (Å²) in [6, 6.07) is 7.07. The Balaban J connectivity index is 2.16. The van der Waals surface area contributed by atoms with Crippen LogP contribution in [0.15, 0.2) is 24.3 Å². The molecule has 1 aromatic rings. The van der Waals surface area contributed by atoms with E-state index in [1.165, 1.54) is 19.3 Å². The fraction of sp³-hybridized carbons (Fsp3) is 0.562. The largest absolute Gasteiger partial charge is 0.507 e. The van der Waals surface area contributed by atoms with Crippen LogP contribution in [0.25, 0.3) is 0 Å². The van der Waals surface area contributed by atoms with Gasteiger partial charge in [0.15, 0.2) is 0 Å². The Morgan fingerprint density at radius 2 is 1.95 bits per heavy atom. The van der Waals surface area contributed by atoms with Crippen LogP contribution in [0.1, 0.15) is 48.9 Å². The lowest BCUT2D eigenvalue weighted by molar-refractivity contribution is 0.0630. The van der Waals surface area contributed by atoms with Gasteiger partial charge in [-0.25, -0.2) is 0 Å². The molecule has 1 amide bonds. The van der Waals surface area contributed by atoms with Gasteiger partial charge in [-0.1, -0.05) is 31.4 Å². The number of aromatic hydroxyl groups is 1. The number of carbonyl (C=O) groups excluding carboxylic acids is 1. The molecule has 0 unspecified atom stereocenters. The Bertz CT molecular complexity index is 442. The van der Waals surface area contributed by atoms with Crippen molar-refractivity contribution in [3.63, 3.8) is 0 Å². The number of hydrogen-bond acceptors (Lipinski definition) is 3. The number of para-hydroxylation sites is 1. The minimum atomic E-state index is -0.0662. The van der Waals surface area contributed by atoms with Crippen molar-refractivity contribution < 1.29 is 9.90 Å². The van der Waals surface area contributed by atoms with Gasteiger partial charge in [0.1, 0.15) is 5.75 Å². The van der Waals surface area contributed by atoms with Crippen LogP contribution in [0.2, 0.25) is 0 Å². The molecule has 0 saturated heterocycles. The van der Waals surface area contributed by atoms with Crippen molar-refractivity contribution in [3.05, 3.63) is 29.8 Å². The molecule has 0 radical (unpaired) electrons. The molecule has 0 spiro atoms. The molecule has 0 aromatic heterocycles. The quantitative estimate of drug-likeness (QED) is 0.868. The number of carbonyl (C=O) groups is 1. The monoisotopic (exact) mass is 276 g/mol. The van der Waals surface area contributed by atoms with Crippen LogP contribution in [0, 0.1) is 0 Å². The molecule has 1 aliphatic carbocycles. The predicted octanol–water partition coefficient (Wildman–Crippen LogP) is 2.52. The molecule has 4 nitrogen and oxygen atoms in total. The van der Waals surface area contributed by atoms with E-state index in [9.17, 15) is 9.90 Å². The van der Waals surface area contributed by atoms with Gasteiger partial charge in [0.05, 0.1) is 5.56 Å². The van der Waals surface area contributed by atoms with Crippen molar-refractivity contribution in [2.45, 2.75) is 44.6 Å². The van der Waals surface area contributed by atoms with Gasteiger partial charge in [0.2, 0.25) is 0 Å². The van der Waals surface area contributed by atoms with Gasteiger partial charge >= 0.3 is 0 Å². The van der Waals surface area contributed by atoms with E-state index in [1.807, 2.05) is 4.90 Å². The highest BCUT2D eigenvalue weighted by Crippen LogP contribution is 2.26. The van der Waals surface area contributed by atoms with Crippen molar-refractivity contribution in [2.75, 3.05) is 13.1 Å². The molecule has 0 heterocycles. The van der Waals surface area contributed by atoms with E-state index in [1.54, 1.807) is 24.3 Å². The lowest BCUT2D eigenvalue weighted by atomic mass is 9.93. The zero-order valence-corrected chi connectivity index (χ0v) is 11.9. The number of amides is 1. The summed E-state index contributed by atoms with van der Waals surface area (Å²) in [6.07, 6.45) is 6.53. The lowest BCUT2D eigenvalue weighted by Crippen LogP contribution is -2.42. The highest BCUT2D eigenvalue weighted by atomic mass is 16.3. The normalized spacial score (nSPS) is 16.1. The average molecular weight is 276 g/mol. The van der Waals surface area contributed by atoms with Gasteiger partial charge in [0.25, 0.3) is 5.91 Å². The van der Waals surface area contributed by atoms with Crippen LogP contribution >= 0.6 is 0 Å². The lowest BCUT2D eigenvalue weighted by Gasteiger charge is -2.34. The molecule has 1 aliphatic rings. The van der Waals surface area contributed by atoms with E-state index >= 15 is 0 Å². The predicted molar refractivity (Wildman–Crippen MR) is 79.7 cm³/mol. The van der Waals surface area contributed by atoms with Crippen LogP contribution in [0.3, 0.4) is 0 Å². The second kappa shape index (κ2) is 7.29. The first-order valence-electron chi connectivity index (χ1n) is 7.53. The maximum absolute atomic E-state index is 12.7. The zero-order chi connectivity index (χ0) is 14.4. The number of benzene rings is 1. The number of phenols is 1. The molecule has 0 bridgehead atoms. The number of nitrogens with two attached hydrogens (primary N) is 1. The fourth-order valence-corrected chi connectivity index (χ4v) is 2.91. The van der Waals surface area contributed by atoms with Crippen LogP contribution in [-0.2, 0) is 0 Å². The summed E-state index contributed by atoms with van der Waals surface area (Å²) in [4.78, 5) is 14.6. The van der Waals surface area contributed by atoms with Crippen LogP contribution in [-0.4, -0.2) is 35.0 Å². The smallest absolute Gasteiger partial charge is 0.257 e. The highest BCUT2D eigenvalue weighted by Gasteiger charge is 2.26. The topological polar surface area (TPSA) is 66.6 Å². The van der Waals surface area contributed by atoms with Crippen molar-refractivity contribution in [3.8, 4) is 5.75 Å². The SMILES string of the molecule is NCCCN(C(=O)c1ccccc1O)C1CCCCC1. The van der Waals surface area contributed by atoms with Gasteiger partial charge in [0, 0.05) is 12.6 Å². The first kappa shape index (κ1) is 14.9. The first-order valence-corrected chi connectivity index (χ1v) is 7.53. The Hall–Kier alpha value is -1.55. The minimum absolute atomic E-state index is 0.0612. The minimum Gasteiger partial charge on any atom is -0.507 e. The standard InChI is InChI=1S/C16H24N2O2/c17-11-6-12-18(13-7-2-1-3-8-13)16(20)14-9-4-5-10-15(14)19/h4-5,9-10,13,19H,1-3,6-8,11-12,17H2. The molecule has 1 aromatic carbocycles. The van der Waals surface area contributed by atoms with Gasteiger partial charge in [-0.05, 0) is 37.9 Å². The van der Waals surface area contributed by atoms with E-state index < -0.39 is 0 Å². The third-order valence-electron chi connectivity index (χ3n) is 4.01.